The summed E-state index contributed by atoms with van der Waals surface area (Å²) in [6, 6.07) is 0.646. The average Bonchev–Trinajstić information content (AvgIpc) is 3.04. The number of nitrogens with one attached hydrogen (secondary N) is 2. The first-order chi connectivity index (χ1) is 8.81. The second-order valence-corrected chi connectivity index (χ2v) is 6.57. The van der Waals surface area contributed by atoms with Gasteiger partial charge in [-0.25, -0.2) is 0 Å². The standard InChI is InChI=1S/C15H26N2O/c18-15(17-7-5-14-2-1-6-16-14)10-13-9-11-3-4-12(13)8-11/h11-14,16H,1-10H2,(H,17,18)/t11?,12?,13?,14-/m1/s1. The van der Waals surface area contributed by atoms with E-state index in [1.165, 1.54) is 38.5 Å². The average molecular weight is 250 g/mol. The normalized spacial score (nSPS) is 38.2. The van der Waals surface area contributed by atoms with Crippen LogP contribution in [0.15, 0.2) is 0 Å². The summed E-state index contributed by atoms with van der Waals surface area (Å²) in [5.41, 5.74) is 0. The van der Waals surface area contributed by atoms with E-state index < -0.39 is 0 Å². The molecule has 3 unspecified atom stereocenters. The van der Waals surface area contributed by atoms with Crippen molar-refractivity contribution in [1.29, 1.82) is 0 Å². The minimum Gasteiger partial charge on any atom is -0.356 e. The minimum absolute atomic E-state index is 0.297. The molecule has 0 aromatic carbocycles. The molecule has 1 heterocycles. The van der Waals surface area contributed by atoms with Crippen molar-refractivity contribution in [2.24, 2.45) is 17.8 Å². The molecule has 3 fully saturated rings. The van der Waals surface area contributed by atoms with E-state index in [1.54, 1.807) is 0 Å². The molecular weight excluding hydrogens is 224 g/mol. The lowest BCUT2D eigenvalue weighted by Crippen LogP contribution is -2.32. The zero-order valence-corrected chi connectivity index (χ0v) is 11.3. The topological polar surface area (TPSA) is 41.1 Å². The first kappa shape index (κ1) is 12.5. The Labute approximate surface area is 110 Å². The lowest BCUT2D eigenvalue weighted by molar-refractivity contribution is -0.122. The summed E-state index contributed by atoms with van der Waals surface area (Å²) < 4.78 is 0. The van der Waals surface area contributed by atoms with E-state index in [0.717, 1.165) is 37.8 Å². The first-order valence-electron chi connectivity index (χ1n) is 7.81. The highest BCUT2D eigenvalue weighted by Crippen LogP contribution is 2.49. The van der Waals surface area contributed by atoms with Crippen molar-refractivity contribution in [3.05, 3.63) is 0 Å². The third-order valence-corrected chi connectivity index (χ3v) is 5.31. The summed E-state index contributed by atoms with van der Waals surface area (Å²) >= 11 is 0. The summed E-state index contributed by atoms with van der Waals surface area (Å²) in [5, 5.41) is 6.59. The fourth-order valence-corrected chi connectivity index (χ4v) is 4.33. The Balaban J connectivity index is 1.32. The molecule has 0 aromatic rings. The second-order valence-electron chi connectivity index (χ2n) is 6.57. The van der Waals surface area contributed by atoms with Crippen LogP contribution in [-0.4, -0.2) is 25.0 Å². The molecule has 1 saturated heterocycles. The van der Waals surface area contributed by atoms with E-state index in [9.17, 15) is 4.79 Å². The van der Waals surface area contributed by atoms with Crippen molar-refractivity contribution >= 4 is 5.91 Å². The van der Waals surface area contributed by atoms with Gasteiger partial charge in [-0.1, -0.05) is 6.42 Å². The van der Waals surface area contributed by atoms with Gasteiger partial charge in [-0.15, -0.1) is 0 Å². The van der Waals surface area contributed by atoms with E-state index in [0.29, 0.717) is 17.9 Å². The lowest BCUT2D eigenvalue weighted by Gasteiger charge is -2.21. The number of amides is 1. The summed E-state index contributed by atoms with van der Waals surface area (Å²) in [7, 11) is 0. The third kappa shape index (κ3) is 2.87. The smallest absolute Gasteiger partial charge is 0.220 e. The highest BCUT2D eigenvalue weighted by atomic mass is 16.1. The summed E-state index contributed by atoms with van der Waals surface area (Å²) in [4.78, 5) is 11.9. The first-order valence-corrected chi connectivity index (χ1v) is 7.81. The van der Waals surface area contributed by atoms with Crippen molar-refractivity contribution < 1.29 is 4.79 Å². The maximum Gasteiger partial charge on any atom is 0.220 e. The highest BCUT2D eigenvalue weighted by Gasteiger charge is 2.39. The van der Waals surface area contributed by atoms with Gasteiger partial charge in [0.25, 0.3) is 0 Å². The van der Waals surface area contributed by atoms with Gasteiger partial charge >= 0.3 is 0 Å². The van der Waals surface area contributed by atoms with Crippen LogP contribution in [0.1, 0.15) is 51.4 Å². The quantitative estimate of drug-likeness (QED) is 0.784. The second kappa shape index (κ2) is 5.60. The highest BCUT2D eigenvalue weighted by molar-refractivity contribution is 5.76. The maximum absolute atomic E-state index is 11.9. The third-order valence-electron chi connectivity index (χ3n) is 5.31. The van der Waals surface area contributed by atoms with Crippen molar-refractivity contribution in [3.8, 4) is 0 Å². The fraction of sp³-hybridized carbons (Fsp3) is 0.933. The molecule has 0 aromatic heterocycles. The SMILES string of the molecule is O=C(CC1CC2CCC1C2)NCC[C@H]1CCCN1. The number of hydrogen-bond acceptors (Lipinski definition) is 2. The molecule has 1 aliphatic heterocycles. The Morgan fingerprint density at radius 3 is 2.83 bits per heavy atom. The van der Waals surface area contributed by atoms with Crippen molar-refractivity contribution in [2.75, 3.05) is 13.1 Å². The van der Waals surface area contributed by atoms with Crippen molar-refractivity contribution in [2.45, 2.75) is 57.4 Å². The number of hydrogen-bond donors (Lipinski definition) is 2. The van der Waals surface area contributed by atoms with E-state index in [2.05, 4.69) is 10.6 Å². The Bertz CT molecular complexity index is 299. The van der Waals surface area contributed by atoms with Gasteiger partial charge in [-0.05, 0) is 62.8 Å². The zero-order valence-electron chi connectivity index (χ0n) is 11.3. The molecule has 3 rings (SSSR count). The molecule has 4 atom stereocenters. The van der Waals surface area contributed by atoms with Crippen LogP contribution in [0.3, 0.4) is 0 Å². The molecule has 2 saturated carbocycles. The fourth-order valence-electron chi connectivity index (χ4n) is 4.33. The van der Waals surface area contributed by atoms with E-state index in [1.807, 2.05) is 0 Å². The van der Waals surface area contributed by atoms with Crippen LogP contribution in [0.5, 0.6) is 0 Å². The number of fused-ring (bicyclic) bond motifs is 2. The minimum atomic E-state index is 0.297. The molecule has 1 amide bonds. The van der Waals surface area contributed by atoms with Crippen LogP contribution in [0, 0.1) is 17.8 Å². The van der Waals surface area contributed by atoms with Gasteiger partial charge < -0.3 is 10.6 Å². The predicted octanol–water partition coefficient (Wildman–Crippen LogP) is 2.07. The van der Waals surface area contributed by atoms with E-state index >= 15 is 0 Å². The van der Waals surface area contributed by atoms with Gasteiger partial charge in [0.2, 0.25) is 5.91 Å². The largest absolute Gasteiger partial charge is 0.356 e. The molecule has 0 radical (unpaired) electrons. The van der Waals surface area contributed by atoms with Gasteiger partial charge in [0.1, 0.15) is 0 Å². The molecular formula is C15H26N2O. The number of carbonyl (C=O) groups is 1. The monoisotopic (exact) mass is 250 g/mol. The maximum atomic E-state index is 11.9. The Hall–Kier alpha value is -0.570. The Morgan fingerprint density at radius 1 is 1.22 bits per heavy atom. The zero-order chi connectivity index (χ0) is 12.4. The molecule has 2 aliphatic carbocycles. The predicted molar refractivity (Wildman–Crippen MR) is 72.2 cm³/mol. The van der Waals surface area contributed by atoms with Gasteiger partial charge in [0.15, 0.2) is 0 Å². The van der Waals surface area contributed by atoms with Crippen molar-refractivity contribution in [3.63, 3.8) is 0 Å². The summed E-state index contributed by atoms with van der Waals surface area (Å²) in [6.45, 7) is 2.01. The van der Waals surface area contributed by atoms with Gasteiger partial charge in [0.05, 0.1) is 0 Å². The molecule has 2 bridgehead atoms. The Kier molecular flexibility index (Phi) is 3.88. The van der Waals surface area contributed by atoms with Gasteiger partial charge in [-0.2, -0.15) is 0 Å². The van der Waals surface area contributed by atoms with E-state index in [-0.39, 0.29) is 0 Å². The Morgan fingerprint density at radius 2 is 2.17 bits per heavy atom. The molecule has 102 valence electrons. The molecule has 0 spiro atoms. The van der Waals surface area contributed by atoms with E-state index in [4.69, 9.17) is 0 Å². The summed E-state index contributed by atoms with van der Waals surface area (Å²) in [6.07, 6.45) is 10.0. The molecule has 2 N–H and O–H groups in total. The summed E-state index contributed by atoms with van der Waals surface area (Å²) in [5.74, 6) is 2.83. The molecule has 3 aliphatic rings. The van der Waals surface area contributed by atoms with Crippen molar-refractivity contribution in [1.82, 2.24) is 10.6 Å². The van der Waals surface area contributed by atoms with Gasteiger partial charge in [-0.3, -0.25) is 4.79 Å². The number of rotatable bonds is 5. The number of carbonyl (C=O) groups excluding carboxylic acids is 1. The molecule has 3 nitrogen and oxygen atoms in total. The molecule has 18 heavy (non-hydrogen) atoms. The van der Waals surface area contributed by atoms with Gasteiger partial charge in [0, 0.05) is 19.0 Å². The van der Waals surface area contributed by atoms with Crippen LogP contribution in [0.4, 0.5) is 0 Å². The van der Waals surface area contributed by atoms with Crippen LogP contribution >= 0.6 is 0 Å². The van der Waals surface area contributed by atoms with Crippen LogP contribution < -0.4 is 10.6 Å². The van der Waals surface area contributed by atoms with Crippen LogP contribution in [0.25, 0.3) is 0 Å². The van der Waals surface area contributed by atoms with Crippen LogP contribution in [0.2, 0.25) is 0 Å². The lowest BCUT2D eigenvalue weighted by atomic mass is 9.86. The van der Waals surface area contributed by atoms with Crippen LogP contribution in [-0.2, 0) is 4.79 Å². The molecule has 3 heteroatoms.